The number of carbonyl (C=O) groups excluding carboxylic acids is 5. The second kappa shape index (κ2) is 15.8. The number of H-pyrrole nitrogens is 1. The van der Waals surface area contributed by atoms with E-state index in [2.05, 4.69) is 39.4 Å². The Balaban J connectivity index is 1.81. The fraction of sp³-hybridized carbons (Fsp3) is 0.324. The molecular weight excluding hydrogens is 588 g/mol. The number of aliphatic hydroxyl groups excluding tert-OH is 1. The molecule has 2 aromatic carbocycles. The predicted molar refractivity (Wildman–Crippen MR) is 175 cm³/mol. The van der Waals surface area contributed by atoms with Crippen LogP contribution in [0.4, 0.5) is 0 Å². The number of primary amides is 1. The fourth-order valence-corrected chi connectivity index (χ4v) is 5.09. The van der Waals surface area contributed by atoms with Crippen molar-refractivity contribution in [3.05, 3.63) is 96.7 Å². The highest BCUT2D eigenvalue weighted by molar-refractivity contribution is 6.04. The number of aliphatic hydroxyl groups is 1. The molecule has 0 unspecified atom stereocenters. The van der Waals surface area contributed by atoms with Crippen molar-refractivity contribution in [2.75, 3.05) is 7.05 Å². The maximum atomic E-state index is 13.7. The van der Waals surface area contributed by atoms with E-state index in [9.17, 15) is 29.1 Å². The van der Waals surface area contributed by atoms with E-state index in [1.54, 1.807) is 37.5 Å². The Kier molecular flexibility index (Phi) is 12.1. The molecule has 0 aliphatic heterocycles. The fourth-order valence-electron chi connectivity index (χ4n) is 5.09. The lowest BCUT2D eigenvalue weighted by molar-refractivity contribution is -0.139. The number of rotatable bonds is 17. The van der Waals surface area contributed by atoms with Crippen LogP contribution in [0.1, 0.15) is 31.4 Å². The number of ketones is 1. The van der Waals surface area contributed by atoms with Crippen molar-refractivity contribution in [1.82, 2.24) is 26.3 Å². The molecule has 0 aliphatic rings. The molecule has 0 saturated carbocycles. The number of aromatic amines is 1. The van der Waals surface area contributed by atoms with Crippen LogP contribution in [-0.2, 0) is 36.8 Å². The molecule has 12 nitrogen and oxygen atoms in total. The number of carbonyl (C=O) groups is 5. The van der Waals surface area contributed by atoms with Gasteiger partial charge in [0, 0.05) is 29.1 Å². The van der Waals surface area contributed by atoms with Gasteiger partial charge < -0.3 is 37.1 Å². The summed E-state index contributed by atoms with van der Waals surface area (Å²) in [6.07, 6.45) is 1.40. The van der Waals surface area contributed by atoms with Gasteiger partial charge in [0.05, 0.1) is 24.6 Å². The standard InChI is InChI=1S/C34H42N6O6/c1-6-20(2)30(43)26(16-22-12-8-7-9-13-22)38-32(45)29(21(3)41)39-33(46)34(4,18-28(35)42)40-31(44)27(36-5)17-23-19-37-25-15-11-10-14-24(23)25/h6-15,19,21,26-27,29,36-37,41H,1-2,16-18H2,3-5H3,(H2,35,42)(H,38,45)(H,39,46)(H,40,44)/t21-,26+,27-,29+,34-/m1/s1. The summed E-state index contributed by atoms with van der Waals surface area (Å²) in [7, 11) is 1.59. The Morgan fingerprint density at radius 3 is 2.24 bits per heavy atom. The van der Waals surface area contributed by atoms with Crippen LogP contribution in [0.15, 0.2) is 85.6 Å². The summed E-state index contributed by atoms with van der Waals surface area (Å²) in [5, 5.41) is 22.1. The van der Waals surface area contributed by atoms with Crippen LogP contribution in [0.2, 0.25) is 0 Å². The van der Waals surface area contributed by atoms with Crippen LogP contribution in [0.3, 0.4) is 0 Å². The van der Waals surface area contributed by atoms with Gasteiger partial charge >= 0.3 is 0 Å². The Hall–Kier alpha value is -5.07. The highest BCUT2D eigenvalue weighted by Crippen LogP contribution is 2.20. The number of allylic oxidation sites excluding steroid dienone is 1. The molecule has 0 spiro atoms. The molecule has 4 amide bonds. The van der Waals surface area contributed by atoms with Crippen LogP contribution < -0.4 is 27.0 Å². The molecule has 0 radical (unpaired) electrons. The minimum absolute atomic E-state index is 0.0716. The first-order valence-corrected chi connectivity index (χ1v) is 14.8. The lowest BCUT2D eigenvalue weighted by Crippen LogP contribution is -2.65. The first kappa shape index (κ1) is 35.4. The smallest absolute Gasteiger partial charge is 0.246 e. The Bertz CT molecular complexity index is 1600. The van der Waals surface area contributed by atoms with E-state index in [1.165, 1.54) is 19.9 Å². The lowest BCUT2D eigenvalue weighted by Gasteiger charge is -2.33. The number of para-hydroxylation sites is 1. The molecule has 8 N–H and O–H groups in total. The van der Waals surface area contributed by atoms with Gasteiger partial charge in [-0.1, -0.05) is 67.8 Å². The van der Waals surface area contributed by atoms with Gasteiger partial charge in [0.15, 0.2) is 5.78 Å². The summed E-state index contributed by atoms with van der Waals surface area (Å²) in [5.74, 6) is -3.79. The van der Waals surface area contributed by atoms with Gasteiger partial charge in [-0.2, -0.15) is 0 Å². The second-order valence-corrected chi connectivity index (χ2v) is 11.4. The first-order chi connectivity index (χ1) is 21.8. The lowest BCUT2D eigenvalue weighted by atomic mass is 9.93. The first-order valence-electron chi connectivity index (χ1n) is 14.8. The average molecular weight is 631 g/mol. The molecule has 244 valence electrons. The van der Waals surface area contributed by atoms with E-state index < -0.39 is 65.6 Å². The topological polar surface area (TPSA) is 196 Å². The van der Waals surface area contributed by atoms with Crippen molar-refractivity contribution in [3.8, 4) is 0 Å². The van der Waals surface area contributed by atoms with Crippen LogP contribution in [0, 0.1) is 0 Å². The van der Waals surface area contributed by atoms with Crippen molar-refractivity contribution in [2.45, 2.75) is 62.9 Å². The largest absolute Gasteiger partial charge is 0.391 e. The van der Waals surface area contributed by atoms with E-state index >= 15 is 0 Å². The van der Waals surface area contributed by atoms with Gasteiger partial charge in [-0.25, -0.2) is 0 Å². The zero-order chi connectivity index (χ0) is 34.0. The van der Waals surface area contributed by atoms with Crippen LogP contribution >= 0.6 is 0 Å². The molecule has 0 bridgehead atoms. The van der Waals surface area contributed by atoms with E-state index in [1.807, 2.05) is 30.3 Å². The summed E-state index contributed by atoms with van der Waals surface area (Å²) in [6, 6.07) is 13.1. The second-order valence-electron chi connectivity index (χ2n) is 11.4. The third-order valence-electron chi connectivity index (χ3n) is 7.72. The predicted octanol–water partition coefficient (Wildman–Crippen LogP) is 0.953. The van der Waals surface area contributed by atoms with E-state index in [0.29, 0.717) is 0 Å². The normalized spacial score (nSPS) is 15.0. The van der Waals surface area contributed by atoms with Gasteiger partial charge in [-0.05, 0) is 44.5 Å². The Morgan fingerprint density at radius 2 is 1.63 bits per heavy atom. The van der Waals surface area contributed by atoms with Crippen LogP contribution in [0.25, 0.3) is 10.9 Å². The van der Waals surface area contributed by atoms with Gasteiger partial charge in [-0.15, -0.1) is 0 Å². The molecule has 1 heterocycles. The average Bonchev–Trinajstić information content (AvgIpc) is 3.43. The number of nitrogens with one attached hydrogen (secondary N) is 5. The summed E-state index contributed by atoms with van der Waals surface area (Å²) in [6.45, 7) is 9.84. The highest BCUT2D eigenvalue weighted by atomic mass is 16.3. The molecule has 0 saturated heterocycles. The molecule has 46 heavy (non-hydrogen) atoms. The Labute approximate surface area is 267 Å². The summed E-state index contributed by atoms with van der Waals surface area (Å²) >= 11 is 0. The molecule has 3 rings (SSSR count). The molecule has 3 aromatic rings. The number of likely N-dealkylation sites (N-methyl/N-ethyl adjacent to an activating group) is 1. The zero-order valence-electron chi connectivity index (χ0n) is 26.3. The number of hydrogen-bond donors (Lipinski definition) is 7. The van der Waals surface area contributed by atoms with Gasteiger partial charge in [0.25, 0.3) is 0 Å². The van der Waals surface area contributed by atoms with Crippen LogP contribution in [0.5, 0.6) is 0 Å². The third kappa shape index (κ3) is 8.99. The van der Waals surface area contributed by atoms with Crippen molar-refractivity contribution in [1.29, 1.82) is 0 Å². The number of benzene rings is 2. The molecule has 12 heteroatoms. The van der Waals surface area contributed by atoms with E-state index in [4.69, 9.17) is 5.73 Å². The number of Topliss-reactive ketones (excluding diaryl/α,β-unsaturated/α-hetero) is 1. The van der Waals surface area contributed by atoms with Gasteiger partial charge in [0.2, 0.25) is 23.6 Å². The summed E-state index contributed by atoms with van der Waals surface area (Å²) < 4.78 is 0. The molecule has 0 fully saturated rings. The third-order valence-corrected chi connectivity index (χ3v) is 7.72. The van der Waals surface area contributed by atoms with E-state index in [0.717, 1.165) is 22.0 Å². The van der Waals surface area contributed by atoms with Crippen molar-refractivity contribution < 1.29 is 29.1 Å². The minimum atomic E-state index is -1.90. The van der Waals surface area contributed by atoms with E-state index in [-0.39, 0.29) is 18.4 Å². The van der Waals surface area contributed by atoms with Crippen molar-refractivity contribution >= 4 is 40.3 Å². The number of hydrogen-bond acceptors (Lipinski definition) is 7. The summed E-state index contributed by atoms with van der Waals surface area (Å²) in [4.78, 5) is 68.9. The highest BCUT2D eigenvalue weighted by Gasteiger charge is 2.41. The van der Waals surface area contributed by atoms with Gasteiger partial charge in [-0.3, -0.25) is 24.0 Å². The number of fused-ring (bicyclic) bond motifs is 1. The Morgan fingerprint density at radius 1 is 0.978 bits per heavy atom. The monoisotopic (exact) mass is 630 g/mol. The SMILES string of the molecule is C=CC(=C)C(=O)[C@H](Cc1ccccc1)NC(=O)[C@@H](NC(=O)[C@@](C)(CC(N)=O)NC(=O)[C@@H](Cc1c[nH]c2ccccc12)NC)[C@@H](C)O. The maximum absolute atomic E-state index is 13.7. The maximum Gasteiger partial charge on any atom is 0.246 e. The van der Waals surface area contributed by atoms with Crippen molar-refractivity contribution in [2.24, 2.45) is 5.73 Å². The van der Waals surface area contributed by atoms with Gasteiger partial charge in [0.1, 0.15) is 11.6 Å². The van der Waals surface area contributed by atoms with Crippen LogP contribution in [-0.4, -0.2) is 76.3 Å². The van der Waals surface area contributed by atoms with Crippen molar-refractivity contribution in [3.63, 3.8) is 0 Å². The number of amides is 4. The molecule has 1 aromatic heterocycles. The number of aromatic nitrogens is 1. The number of nitrogens with two attached hydrogens (primary N) is 1. The molecular formula is C34H42N6O6. The molecule has 0 aliphatic carbocycles. The molecule has 5 atom stereocenters. The quantitative estimate of drug-likeness (QED) is 0.0852. The summed E-state index contributed by atoms with van der Waals surface area (Å²) in [5.41, 5.74) is 6.14. The minimum Gasteiger partial charge on any atom is -0.391 e. The zero-order valence-corrected chi connectivity index (χ0v) is 26.3.